The van der Waals surface area contributed by atoms with Crippen LogP contribution in [-0.4, -0.2) is 37.2 Å². The lowest BCUT2D eigenvalue weighted by atomic mass is 9.49. The number of hydrogen-bond donors (Lipinski definition) is 2. The van der Waals surface area contributed by atoms with Crippen LogP contribution in [0, 0.1) is 23.2 Å². The molecule has 0 aliphatic heterocycles. The molecule has 0 radical (unpaired) electrons. The van der Waals surface area contributed by atoms with E-state index < -0.39 is 27.3 Å². The Balaban J connectivity index is 1.43. The number of benzene rings is 1. The molecule has 0 spiro atoms. The summed E-state index contributed by atoms with van der Waals surface area (Å²) >= 11 is 0. The molecule has 152 valence electrons. The first kappa shape index (κ1) is 19.4. The molecule has 6 nitrogen and oxygen atoms in total. The van der Waals surface area contributed by atoms with Crippen molar-refractivity contribution in [1.29, 1.82) is 0 Å². The molecule has 1 atom stereocenters. The van der Waals surface area contributed by atoms with E-state index in [0.717, 1.165) is 19.3 Å². The van der Waals surface area contributed by atoms with Crippen molar-refractivity contribution < 1.29 is 23.1 Å². The zero-order valence-electron chi connectivity index (χ0n) is 15.8. The molecule has 1 aromatic carbocycles. The molecule has 5 rings (SSSR count). The van der Waals surface area contributed by atoms with Crippen LogP contribution in [-0.2, 0) is 19.4 Å². The summed E-state index contributed by atoms with van der Waals surface area (Å²) in [4.78, 5) is 25.0. The standard InChI is InChI=1S/C21H27NO5S/c23-19(24)18(6-7-28(26,27)17-4-2-1-3-5-17)22-20(25)21-11-14-8-15(12-21)10-16(9-14)13-21/h1-5,14-16,18H,6-13H2,(H,22,25)(H,23,24)/t14?,15?,16?,18-,21?/m1/s1. The van der Waals surface area contributed by atoms with E-state index in [1.165, 1.54) is 31.4 Å². The number of hydrogen-bond acceptors (Lipinski definition) is 4. The molecule has 0 unspecified atom stereocenters. The second-order valence-electron chi connectivity index (χ2n) is 8.98. The third-order valence-corrected chi connectivity index (χ3v) is 8.66. The average molecular weight is 406 g/mol. The first-order valence-electron chi connectivity index (χ1n) is 10.1. The van der Waals surface area contributed by atoms with Gasteiger partial charge in [0.1, 0.15) is 6.04 Å². The molecule has 2 N–H and O–H groups in total. The molecule has 28 heavy (non-hydrogen) atoms. The molecule has 7 heteroatoms. The van der Waals surface area contributed by atoms with E-state index in [2.05, 4.69) is 5.32 Å². The Morgan fingerprint density at radius 1 is 1.04 bits per heavy atom. The summed E-state index contributed by atoms with van der Waals surface area (Å²) < 4.78 is 24.9. The van der Waals surface area contributed by atoms with Crippen molar-refractivity contribution in [1.82, 2.24) is 5.32 Å². The molecule has 0 saturated heterocycles. The number of carboxylic acid groups (broad SMARTS) is 1. The Morgan fingerprint density at radius 2 is 1.57 bits per heavy atom. The molecule has 4 bridgehead atoms. The molecule has 4 aliphatic rings. The second-order valence-corrected chi connectivity index (χ2v) is 11.1. The number of nitrogens with one attached hydrogen (secondary N) is 1. The first-order chi connectivity index (χ1) is 13.3. The van der Waals surface area contributed by atoms with Gasteiger partial charge in [-0.1, -0.05) is 18.2 Å². The number of carboxylic acids is 1. The lowest BCUT2D eigenvalue weighted by Gasteiger charge is -2.55. The monoisotopic (exact) mass is 405 g/mol. The normalized spacial score (nSPS) is 32.1. The highest BCUT2D eigenvalue weighted by molar-refractivity contribution is 7.91. The minimum atomic E-state index is -3.58. The third-order valence-electron chi connectivity index (χ3n) is 6.90. The molecule has 4 aliphatic carbocycles. The van der Waals surface area contributed by atoms with Gasteiger partial charge < -0.3 is 10.4 Å². The van der Waals surface area contributed by atoms with Gasteiger partial charge in [0.25, 0.3) is 0 Å². The van der Waals surface area contributed by atoms with Crippen LogP contribution in [0.25, 0.3) is 0 Å². The summed E-state index contributed by atoms with van der Waals surface area (Å²) in [6.07, 6.45) is 6.00. The number of rotatable bonds is 7. The van der Waals surface area contributed by atoms with E-state index >= 15 is 0 Å². The number of sulfone groups is 1. The minimum absolute atomic E-state index is 0.134. The van der Waals surface area contributed by atoms with Crippen LogP contribution in [0.5, 0.6) is 0 Å². The van der Waals surface area contributed by atoms with Crippen molar-refractivity contribution in [2.45, 2.75) is 55.9 Å². The Kier molecular flexibility index (Phi) is 4.98. The van der Waals surface area contributed by atoms with Crippen LogP contribution in [0.4, 0.5) is 0 Å². The predicted molar refractivity (Wildman–Crippen MR) is 103 cm³/mol. The van der Waals surface area contributed by atoms with Crippen LogP contribution in [0.2, 0.25) is 0 Å². The highest BCUT2D eigenvalue weighted by atomic mass is 32.2. The average Bonchev–Trinajstić information content (AvgIpc) is 2.64. The highest BCUT2D eigenvalue weighted by Gasteiger charge is 2.55. The lowest BCUT2D eigenvalue weighted by molar-refractivity contribution is -0.151. The number of aliphatic carboxylic acids is 1. The van der Waals surface area contributed by atoms with Gasteiger partial charge >= 0.3 is 5.97 Å². The van der Waals surface area contributed by atoms with Crippen LogP contribution < -0.4 is 5.32 Å². The van der Waals surface area contributed by atoms with Crippen molar-refractivity contribution >= 4 is 21.7 Å². The van der Waals surface area contributed by atoms with Crippen LogP contribution in [0.15, 0.2) is 35.2 Å². The summed E-state index contributed by atoms with van der Waals surface area (Å²) in [5, 5.41) is 12.3. The van der Waals surface area contributed by atoms with Gasteiger partial charge in [0.05, 0.1) is 10.6 Å². The molecule has 1 amide bonds. The Hall–Kier alpha value is -1.89. The fourth-order valence-corrected chi connectivity index (χ4v) is 7.33. The molecule has 4 saturated carbocycles. The fourth-order valence-electron chi connectivity index (χ4n) is 5.98. The zero-order chi connectivity index (χ0) is 19.9. The topological polar surface area (TPSA) is 101 Å². The van der Waals surface area contributed by atoms with Crippen molar-refractivity contribution in [3.05, 3.63) is 30.3 Å². The summed E-state index contributed by atoms with van der Waals surface area (Å²) in [6.45, 7) is 0. The smallest absolute Gasteiger partial charge is 0.326 e. The van der Waals surface area contributed by atoms with Crippen molar-refractivity contribution in [2.75, 3.05) is 5.75 Å². The highest BCUT2D eigenvalue weighted by Crippen LogP contribution is 2.60. The van der Waals surface area contributed by atoms with E-state index in [-0.39, 0.29) is 23.0 Å². The van der Waals surface area contributed by atoms with Gasteiger partial charge in [0.15, 0.2) is 9.84 Å². The Labute approximate surface area is 165 Å². The van der Waals surface area contributed by atoms with Crippen LogP contribution >= 0.6 is 0 Å². The van der Waals surface area contributed by atoms with E-state index in [4.69, 9.17) is 0 Å². The van der Waals surface area contributed by atoms with Crippen molar-refractivity contribution in [3.8, 4) is 0 Å². The maximum absolute atomic E-state index is 13.1. The first-order valence-corrected chi connectivity index (χ1v) is 11.7. The van der Waals surface area contributed by atoms with Gasteiger partial charge in [-0.3, -0.25) is 4.79 Å². The van der Waals surface area contributed by atoms with Crippen LogP contribution in [0.3, 0.4) is 0 Å². The summed E-state index contributed by atoms with van der Waals surface area (Å²) in [5.41, 5.74) is -0.444. The van der Waals surface area contributed by atoms with Crippen molar-refractivity contribution in [3.63, 3.8) is 0 Å². The van der Waals surface area contributed by atoms with Crippen molar-refractivity contribution in [2.24, 2.45) is 23.2 Å². The van der Waals surface area contributed by atoms with Gasteiger partial charge in [-0.15, -0.1) is 0 Å². The number of amides is 1. The van der Waals surface area contributed by atoms with Gasteiger partial charge in [-0.05, 0) is 74.8 Å². The fraction of sp³-hybridized carbons (Fsp3) is 0.619. The second kappa shape index (κ2) is 7.17. The largest absolute Gasteiger partial charge is 0.480 e. The van der Waals surface area contributed by atoms with Gasteiger partial charge in [0.2, 0.25) is 5.91 Å². The maximum atomic E-state index is 13.1. The lowest BCUT2D eigenvalue weighted by Crippen LogP contribution is -2.56. The molecule has 1 aromatic rings. The number of carbonyl (C=O) groups excluding carboxylic acids is 1. The van der Waals surface area contributed by atoms with Crippen LogP contribution in [0.1, 0.15) is 44.9 Å². The summed E-state index contributed by atoms with van der Waals surface area (Å²) in [6, 6.07) is 6.81. The Morgan fingerprint density at radius 3 is 2.07 bits per heavy atom. The molecule has 0 aromatic heterocycles. The minimum Gasteiger partial charge on any atom is -0.480 e. The van der Waals surface area contributed by atoms with E-state index in [1.807, 2.05) is 0 Å². The predicted octanol–water partition coefficient (Wildman–Crippen LogP) is 2.64. The SMILES string of the molecule is O=C(O)[C@@H](CCS(=O)(=O)c1ccccc1)NC(=O)C12CC3CC(CC(C3)C1)C2. The molecular formula is C21H27NO5S. The molecule has 0 heterocycles. The summed E-state index contributed by atoms with van der Waals surface area (Å²) in [5.74, 6) is 0.0726. The summed E-state index contributed by atoms with van der Waals surface area (Å²) in [7, 11) is -3.58. The van der Waals surface area contributed by atoms with Gasteiger partial charge in [0, 0.05) is 5.41 Å². The third kappa shape index (κ3) is 3.69. The van der Waals surface area contributed by atoms with Gasteiger partial charge in [-0.25, -0.2) is 13.2 Å². The molecule has 4 fully saturated rings. The van der Waals surface area contributed by atoms with E-state index in [0.29, 0.717) is 17.8 Å². The van der Waals surface area contributed by atoms with E-state index in [1.54, 1.807) is 18.2 Å². The zero-order valence-corrected chi connectivity index (χ0v) is 16.7. The number of carbonyl (C=O) groups is 2. The van der Waals surface area contributed by atoms with E-state index in [9.17, 15) is 23.1 Å². The maximum Gasteiger partial charge on any atom is 0.326 e. The quantitative estimate of drug-likeness (QED) is 0.726. The Bertz CT molecular complexity index is 829. The van der Waals surface area contributed by atoms with Gasteiger partial charge in [-0.2, -0.15) is 0 Å². The molecular weight excluding hydrogens is 378 g/mol.